The van der Waals surface area contributed by atoms with Gasteiger partial charge >= 0.3 is 0 Å². The molecule has 0 bridgehead atoms. The minimum Gasteiger partial charge on any atom is -0.490 e. The predicted octanol–water partition coefficient (Wildman–Crippen LogP) is 3.29. The smallest absolute Gasteiger partial charge is 0.258 e. The first-order valence-electron chi connectivity index (χ1n) is 7.69. The highest BCUT2D eigenvalue weighted by molar-refractivity contribution is 5.85. The van der Waals surface area contributed by atoms with Crippen LogP contribution in [0, 0.1) is 0 Å². The minimum atomic E-state index is -0.421. The summed E-state index contributed by atoms with van der Waals surface area (Å²) in [7, 11) is 0. The molecule has 1 aliphatic carbocycles. The Morgan fingerprint density at radius 3 is 2.48 bits per heavy atom. The molecule has 0 atom stereocenters. The highest BCUT2D eigenvalue weighted by Crippen LogP contribution is 2.38. The Bertz CT molecular complexity index is 656. The van der Waals surface area contributed by atoms with Crippen molar-refractivity contribution in [1.29, 1.82) is 0 Å². The van der Waals surface area contributed by atoms with Crippen molar-refractivity contribution in [3.05, 3.63) is 24.0 Å². The summed E-state index contributed by atoms with van der Waals surface area (Å²) in [5.74, 6) is 2.42. The van der Waals surface area contributed by atoms with E-state index < -0.39 is 5.54 Å². The van der Waals surface area contributed by atoms with Crippen molar-refractivity contribution in [2.45, 2.75) is 38.6 Å². The van der Waals surface area contributed by atoms with Crippen molar-refractivity contribution in [2.75, 3.05) is 13.2 Å². The second-order valence-electron chi connectivity index (χ2n) is 5.46. The van der Waals surface area contributed by atoms with Gasteiger partial charge in [-0.05, 0) is 51.3 Å². The number of aromatic nitrogens is 2. The quantitative estimate of drug-likeness (QED) is 0.869. The van der Waals surface area contributed by atoms with Crippen LogP contribution in [0.1, 0.15) is 38.9 Å². The molecule has 2 aromatic rings. The van der Waals surface area contributed by atoms with Crippen LogP contribution in [0.4, 0.5) is 0 Å². The monoisotopic (exact) mass is 339 g/mol. The van der Waals surface area contributed by atoms with Gasteiger partial charge in [0.2, 0.25) is 0 Å². The Kier molecular flexibility index (Phi) is 5.49. The summed E-state index contributed by atoms with van der Waals surface area (Å²) in [5, 5.41) is 4.04. The van der Waals surface area contributed by atoms with Gasteiger partial charge < -0.3 is 19.7 Å². The molecule has 1 aromatic carbocycles. The Balaban J connectivity index is 0.00000192. The Morgan fingerprint density at radius 1 is 1.17 bits per heavy atom. The van der Waals surface area contributed by atoms with E-state index in [9.17, 15) is 0 Å². The van der Waals surface area contributed by atoms with E-state index in [4.69, 9.17) is 19.7 Å². The van der Waals surface area contributed by atoms with E-state index in [2.05, 4.69) is 10.1 Å². The fourth-order valence-electron chi connectivity index (χ4n) is 2.51. The first-order valence-corrected chi connectivity index (χ1v) is 7.69. The van der Waals surface area contributed by atoms with Gasteiger partial charge in [0.1, 0.15) is 0 Å². The summed E-state index contributed by atoms with van der Waals surface area (Å²) in [6.07, 6.45) is 2.91. The molecule has 23 heavy (non-hydrogen) atoms. The molecular weight excluding hydrogens is 318 g/mol. The van der Waals surface area contributed by atoms with E-state index >= 15 is 0 Å². The fourth-order valence-corrected chi connectivity index (χ4v) is 2.51. The fraction of sp³-hybridized carbons (Fsp3) is 0.500. The van der Waals surface area contributed by atoms with E-state index in [0.29, 0.717) is 36.4 Å². The lowest BCUT2D eigenvalue weighted by atomic mass is 9.77. The van der Waals surface area contributed by atoms with Gasteiger partial charge in [0, 0.05) is 5.56 Å². The van der Waals surface area contributed by atoms with Crippen LogP contribution in [0.5, 0.6) is 11.5 Å². The highest BCUT2D eigenvalue weighted by Gasteiger charge is 2.39. The zero-order valence-corrected chi connectivity index (χ0v) is 14.2. The van der Waals surface area contributed by atoms with Gasteiger partial charge in [0.05, 0.1) is 18.8 Å². The summed E-state index contributed by atoms with van der Waals surface area (Å²) in [5.41, 5.74) is 6.61. The third kappa shape index (κ3) is 3.43. The van der Waals surface area contributed by atoms with Crippen molar-refractivity contribution < 1.29 is 14.0 Å². The van der Waals surface area contributed by atoms with Gasteiger partial charge in [-0.2, -0.15) is 4.98 Å². The molecule has 0 spiro atoms. The van der Waals surface area contributed by atoms with Crippen LogP contribution < -0.4 is 15.2 Å². The predicted molar refractivity (Wildman–Crippen MR) is 89.0 cm³/mol. The van der Waals surface area contributed by atoms with Crippen molar-refractivity contribution in [3.63, 3.8) is 0 Å². The van der Waals surface area contributed by atoms with Crippen molar-refractivity contribution in [3.8, 4) is 23.0 Å². The van der Waals surface area contributed by atoms with E-state index in [0.717, 1.165) is 24.8 Å². The second kappa shape index (κ2) is 7.19. The largest absolute Gasteiger partial charge is 0.490 e. The van der Waals surface area contributed by atoms with Crippen molar-refractivity contribution in [1.82, 2.24) is 10.1 Å². The topological polar surface area (TPSA) is 83.4 Å². The van der Waals surface area contributed by atoms with Gasteiger partial charge in [-0.15, -0.1) is 12.4 Å². The number of ether oxygens (including phenoxy) is 2. The average Bonchev–Trinajstić information content (AvgIpc) is 2.97. The lowest BCUT2D eigenvalue weighted by Gasteiger charge is -2.34. The van der Waals surface area contributed by atoms with Gasteiger partial charge in [0.25, 0.3) is 5.89 Å². The van der Waals surface area contributed by atoms with Crippen molar-refractivity contribution >= 4 is 12.4 Å². The van der Waals surface area contributed by atoms with Gasteiger partial charge in [-0.3, -0.25) is 0 Å². The number of nitrogens with two attached hydrogens (primary N) is 1. The molecular formula is C16H22ClN3O3. The molecule has 3 rings (SSSR count). The Morgan fingerprint density at radius 2 is 1.87 bits per heavy atom. The van der Waals surface area contributed by atoms with E-state index in [1.54, 1.807) is 0 Å². The highest BCUT2D eigenvalue weighted by atomic mass is 35.5. The molecule has 2 N–H and O–H groups in total. The molecule has 1 aromatic heterocycles. The van der Waals surface area contributed by atoms with Crippen LogP contribution in [0.15, 0.2) is 22.7 Å². The molecule has 7 heteroatoms. The summed E-state index contributed by atoms with van der Waals surface area (Å²) in [4.78, 5) is 4.45. The second-order valence-corrected chi connectivity index (χ2v) is 5.46. The molecule has 1 aliphatic rings. The number of halogens is 1. The maximum atomic E-state index is 6.23. The Hall–Kier alpha value is -1.79. The third-order valence-electron chi connectivity index (χ3n) is 3.91. The van der Waals surface area contributed by atoms with Crippen LogP contribution in [-0.4, -0.2) is 23.4 Å². The third-order valence-corrected chi connectivity index (χ3v) is 3.91. The van der Waals surface area contributed by atoms with Crippen LogP contribution >= 0.6 is 12.4 Å². The average molecular weight is 340 g/mol. The van der Waals surface area contributed by atoms with E-state index in [1.165, 1.54) is 0 Å². The minimum absolute atomic E-state index is 0. The van der Waals surface area contributed by atoms with Gasteiger partial charge in [-0.1, -0.05) is 5.16 Å². The summed E-state index contributed by atoms with van der Waals surface area (Å²) in [6, 6.07) is 5.60. The van der Waals surface area contributed by atoms with Crippen molar-refractivity contribution in [2.24, 2.45) is 5.73 Å². The molecule has 6 nitrogen and oxygen atoms in total. The van der Waals surface area contributed by atoms with Gasteiger partial charge in [0.15, 0.2) is 17.3 Å². The number of hydrogen-bond donors (Lipinski definition) is 1. The van der Waals surface area contributed by atoms with Crippen LogP contribution in [0.25, 0.3) is 11.5 Å². The molecule has 0 unspecified atom stereocenters. The first kappa shape index (κ1) is 17.6. The summed E-state index contributed by atoms with van der Waals surface area (Å²) < 4.78 is 16.5. The van der Waals surface area contributed by atoms with Gasteiger partial charge in [-0.25, -0.2) is 0 Å². The normalized spacial score (nSPS) is 15.4. The molecule has 0 saturated heterocycles. The first-order chi connectivity index (χ1) is 10.7. The molecule has 1 heterocycles. The number of rotatable bonds is 6. The molecule has 0 aliphatic heterocycles. The lowest BCUT2D eigenvalue weighted by Crippen LogP contribution is -2.44. The molecule has 126 valence electrons. The standard InChI is InChI=1S/C16H21N3O3.ClH/c1-3-20-12-7-6-11(10-13(12)21-4-2)14-18-15(19-22-14)16(17)8-5-9-16;/h6-7,10H,3-5,8-9,17H2,1-2H3;1H. The van der Waals surface area contributed by atoms with Crippen LogP contribution in [-0.2, 0) is 5.54 Å². The lowest BCUT2D eigenvalue weighted by molar-refractivity contribution is 0.229. The number of benzene rings is 1. The van der Waals surface area contributed by atoms with E-state index in [-0.39, 0.29) is 12.4 Å². The van der Waals surface area contributed by atoms with Crippen LogP contribution in [0.2, 0.25) is 0 Å². The molecule has 0 radical (unpaired) electrons. The summed E-state index contributed by atoms with van der Waals surface area (Å²) >= 11 is 0. The zero-order valence-electron chi connectivity index (χ0n) is 13.4. The number of nitrogens with zero attached hydrogens (tertiary/aromatic N) is 2. The zero-order chi connectivity index (χ0) is 15.6. The maximum absolute atomic E-state index is 6.23. The maximum Gasteiger partial charge on any atom is 0.258 e. The Labute approximate surface area is 141 Å². The SMILES string of the molecule is CCOc1ccc(-c2nc(C3(N)CCC3)no2)cc1OCC.Cl. The number of hydrogen-bond acceptors (Lipinski definition) is 6. The molecule has 1 saturated carbocycles. The molecule has 0 amide bonds. The van der Waals surface area contributed by atoms with E-state index in [1.807, 2.05) is 32.0 Å². The molecule has 1 fully saturated rings. The van der Waals surface area contributed by atoms with Crippen LogP contribution in [0.3, 0.4) is 0 Å². The summed E-state index contributed by atoms with van der Waals surface area (Å²) in [6.45, 7) is 5.01.